The molecule has 0 aliphatic heterocycles. The van der Waals surface area contributed by atoms with E-state index in [0.29, 0.717) is 12.5 Å². The van der Waals surface area contributed by atoms with E-state index < -0.39 is 0 Å². The van der Waals surface area contributed by atoms with Gasteiger partial charge in [-0.15, -0.1) is 0 Å². The van der Waals surface area contributed by atoms with Crippen LogP contribution in [0.2, 0.25) is 0 Å². The zero-order valence-electron chi connectivity index (χ0n) is 11.2. The standard InChI is InChI=1S/C15H21NO2/c1-3-18-15(17)13-9-7-12(8-10-13)14-6-4-5-11(2)16-14/h4-6,12-13H,3,7-10H2,1-2H3. The fourth-order valence-corrected chi connectivity index (χ4v) is 2.68. The summed E-state index contributed by atoms with van der Waals surface area (Å²) in [5, 5.41) is 0. The van der Waals surface area contributed by atoms with E-state index in [1.807, 2.05) is 19.9 Å². The summed E-state index contributed by atoms with van der Waals surface area (Å²) < 4.78 is 5.09. The van der Waals surface area contributed by atoms with Crippen molar-refractivity contribution >= 4 is 5.97 Å². The lowest BCUT2D eigenvalue weighted by molar-refractivity contribution is -0.149. The molecule has 0 radical (unpaired) electrons. The summed E-state index contributed by atoms with van der Waals surface area (Å²) in [5.74, 6) is 0.592. The van der Waals surface area contributed by atoms with Crippen molar-refractivity contribution in [2.75, 3.05) is 6.61 Å². The Kier molecular flexibility index (Phi) is 4.34. The fraction of sp³-hybridized carbons (Fsp3) is 0.600. The van der Waals surface area contributed by atoms with Crippen molar-refractivity contribution < 1.29 is 9.53 Å². The largest absolute Gasteiger partial charge is 0.466 e. The molecule has 0 amide bonds. The predicted molar refractivity (Wildman–Crippen MR) is 70.3 cm³/mol. The van der Waals surface area contributed by atoms with Crippen LogP contribution in [-0.2, 0) is 9.53 Å². The average Bonchev–Trinajstić information content (AvgIpc) is 2.39. The molecule has 1 aliphatic rings. The number of carbonyl (C=O) groups is 1. The van der Waals surface area contributed by atoms with E-state index in [0.717, 1.165) is 31.4 Å². The molecule has 3 nitrogen and oxygen atoms in total. The highest BCUT2D eigenvalue weighted by Gasteiger charge is 2.28. The Morgan fingerprint density at radius 2 is 2.06 bits per heavy atom. The highest BCUT2D eigenvalue weighted by Crippen LogP contribution is 2.35. The van der Waals surface area contributed by atoms with E-state index in [4.69, 9.17) is 4.74 Å². The molecule has 1 aromatic rings. The molecule has 1 saturated carbocycles. The number of hydrogen-bond donors (Lipinski definition) is 0. The first-order valence-corrected chi connectivity index (χ1v) is 6.81. The van der Waals surface area contributed by atoms with Gasteiger partial charge in [0.15, 0.2) is 0 Å². The summed E-state index contributed by atoms with van der Waals surface area (Å²) in [7, 11) is 0. The van der Waals surface area contributed by atoms with Gasteiger partial charge in [-0.3, -0.25) is 9.78 Å². The molecule has 3 heteroatoms. The first-order valence-electron chi connectivity index (χ1n) is 6.81. The number of pyridine rings is 1. The lowest BCUT2D eigenvalue weighted by atomic mass is 9.80. The molecule has 1 heterocycles. The molecular formula is C15H21NO2. The summed E-state index contributed by atoms with van der Waals surface area (Å²) in [6.07, 6.45) is 3.94. The number of rotatable bonds is 3. The smallest absolute Gasteiger partial charge is 0.308 e. The van der Waals surface area contributed by atoms with Gasteiger partial charge in [0.25, 0.3) is 0 Å². The van der Waals surface area contributed by atoms with Gasteiger partial charge in [-0.1, -0.05) is 6.07 Å². The maximum absolute atomic E-state index is 11.7. The Labute approximate surface area is 109 Å². The van der Waals surface area contributed by atoms with E-state index >= 15 is 0 Å². The second-order valence-electron chi connectivity index (χ2n) is 5.00. The van der Waals surface area contributed by atoms with Crippen molar-refractivity contribution in [3.05, 3.63) is 29.6 Å². The van der Waals surface area contributed by atoms with E-state index in [-0.39, 0.29) is 11.9 Å². The summed E-state index contributed by atoms with van der Waals surface area (Å²) >= 11 is 0. The molecule has 18 heavy (non-hydrogen) atoms. The maximum atomic E-state index is 11.7. The van der Waals surface area contributed by atoms with Crippen LogP contribution in [0.25, 0.3) is 0 Å². The Morgan fingerprint density at radius 1 is 1.33 bits per heavy atom. The Balaban J connectivity index is 1.92. The fourth-order valence-electron chi connectivity index (χ4n) is 2.68. The van der Waals surface area contributed by atoms with Crippen LogP contribution in [0.1, 0.15) is 49.9 Å². The van der Waals surface area contributed by atoms with Gasteiger partial charge in [-0.25, -0.2) is 0 Å². The topological polar surface area (TPSA) is 39.2 Å². The SMILES string of the molecule is CCOC(=O)C1CCC(c2cccc(C)n2)CC1. The second kappa shape index (κ2) is 5.98. The van der Waals surface area contributed by atoms with Gasteiger partial charge in [0.2, 0.25) is 0 Å². The van der Waals surface area contributed by atoms with Gasteiger partial charge in [0, 0.05) is 17.3 Å². The minimum atomic E-state index is -0.0202. The van der Waals surface area contributed by atoms with Gasteiger partial charge in [-0.05, 0) is 51.7 Å². The molecule has 2 rings (SSSR count). The minimum absolute atomic E-state index is 0.0202. The van der Waals surface area contributed by atoms with Crippen molar-refractivity contribution in [3.63, 3.8) is 0 Å². The second-order valence-corrected chi connectivity index (χ2v) is 5.00. The van der Waals surface area contributed by atoms with Crippen LogP contribution in [0, 0.1) is 12.8 Å². The molecule has 0 saturated heterocycles. The molecule has 1 aromatic heterocycles. The number of aryl methyl sites for hydroxylation is 1. The van der Waals surface area contributed by atoms with Crippen LogP contribution in [0.3, 0.4) is 0 Å². The van der Waals surface area contributed by atoms with Gasteiger partial charge < -0.3 is 4.74 Å². The molecule has 0 bridgehead atoms. The van der Waals surface area contributed by atoms with Crippen LogP contribution < -0.4 is 0 Å². The molecule has 0 spiro atoms. The molecule has 0 unspecified atom stereocenters. The number of nitrogens with zero attached hydrogens (tertiary/aromatic N) is 1. The van der Waals surface area contributed by atoms with Gasteiger partial charge in [0.05, 0.1) is 12.5 Å². The van der Waals surface area contributed by atoms with E-state index in [1.54, 1.807) is 0 Å². The molecule has 1 aliphatic carbocycles. The van der Waals surface area contributed by atoms with Crippen LogP contribution in [0.15, 0.2) is 18.2 Å². The van der Waals surface area contributed by atoms with Crippen molar-refractivity contribution in [2.45, 2.75) is 45.4 Å². The molecule has 98 valence electrons. The molecule has 0 N–H and O–H groups in total. The normalized spacial score (nSPS) is 23.7. The number of esters is 1. The van der Waals surface area contributed by atoms with Crippen molar-refractivity contribution in [1.29, 1.82) is 0 Å². The van der Waals surface area contributed by atoms with Gasteiger partial charge >= 0.3 is 5.97 Å². The molecule has 0 aromatic carbocycles. The maximum Gasteiger partial charge on any atom is 0.308 e. The number of carbonyl (C=O) groups excluding carboxylic acids is 1. The number of ether oxygens (including phenoxy) is 1. The van der Waals surface area contributed by atoms with Crippen molar-refractivity contribution in [1.82, 2.24) is 4.98 Å². The number of hydrogen-bond acceptors (Lipinski definition) is 3. The number of aromatic nitrogens is 1. The summed E-state index contributed by atoms with van der Waals surface area (Å²) in [4.78, 5) is 16.2. The molecule has 0 atom stereocenters. The highest BCUT2D eigenvalue weighted by molar-refractivity contribution is 5.72. The van der Waals surface area contributed by atoms with Gasteiger partial charge in [0.1, 0.15) is 0 Å². The minimum Gasteiger partial charge on any atom is -0.466 e. The zero-order chi connectivity index (χ0) is 13.0. The lowest BCUT2D eigenvalue weighted by Gasteiger charge is -2.26. The predicted octanol–water partition coefficient (Wildman–Crippen LogP) is 3.23. The summed E-state index contributed by atoms with van der Waals surface area (Å²) in [5.41, 5.74) is 2.25. The zero-order valence-corrected chi connectivity index (χ0v) is 11.2. The van der Waals surface area contributed by atoms with Crippen LogP contribution in [0.5, 0.6) is 0 Å². The van der Waals surface area contributed by atoms with E-state index in [1.165, 1.54) is 5.69 Å². The quantitative estimate of drug-likeness (QED) is 0.770. The van der Waals surface area contributed by atoms with Crippen LogP contribution in [0.4, 0.5) is 0 Å². The Hall–Kier alpha value is -1.38. The van der Waals surface area contributed by atoms with E-state index in [9.17, 15) is 4.79 Å². The Morgan fingerprint density at radius 3 is 2.67 bits per heavy atom. The Bertz CT molecular complexity index is 409. The third kappa shape index (κ3) is 3.09. The third-order valence-corrected chi connectivity index (χ3v) is 3.68. The monoisotopic (exact) mass is 247 g/mol. The summed E-state index contributed by atoms with van der Waals surface area (Å²) in [6.45, 7) is 4.37. The van der Waals surface area contributed by atoms with Crippen LogP contribution >= 0.6 is 0 Å². The third-order valence-electron chi connectivity index (χ3n) is 3.68. The summed E-state index contributed by atoms with van der Waals surface area (Å²) in [6, 6.07) is 6.19. The molecule has 1 fully saturated rings. The highest BCUT2D eigenvalue weighted by atomic mass is 16.5. The molecular weight excluding hydrogens is 226 g/mol. The first-order chi connectivity index (χ1) is 8.70. The first kappa shape index (κ1) is 13.1. The lowest BCUT2D eigenvalue weighted by Crippen LogP contribution is -2.23. The van der Waals surface area contributed by atoms with Crippen molar-refractivity contribution in [2.24, 2.45) is 5.92 Å². The van der Waals surface area contributed by atoms with Crippen LogP contribution in [-0.4, -0.2) is 17.6 Å². The van der Waals surface area contributed by atoms with E-state index in [2.05, 4.69) is 17.1 Å². The average molecular weight is 247 g/mol. The van der Waals surface area contributed by atoms with Gasteiger partial charge in [-0.2, -0.15) is 0 Å². The van der Waals surface area contributed by atoms with Crippen molar-refractivity contribution in [3.8, 4) is 0 Å².